The Morgan fingerprint density at radius 2 is 2.03 bits per heavy atom. The van der Waals surface area contributed by atoms with Crippen molar-refractivity contribution in [3.8, 4) is 5.75 Å². The van der Waals surface area contributed by atoms with Crippen molar-refractivity contribution in [2.75, 3.05) is 26.2 Å². The molecule has 0 saturated carbocycles. The lowest BCUT2D eigenvalue weighted by atomic mass is 9.94. The average molecular weight is 429 g/mol. The van der Waals surface area contributed by atoms with Gasteiger partial charge in [0, 0.05) is 32.3 Å². The molecule has 3 heterocycles. The number of carbonyl (C=O) groups excluding carboxylic acids is 2. The summed E-state index contributed by atoms with van der Waals surface area (Å²) in [7, 11) is 0. The van der Waals surface area contributed by atoms with Gasteiger partial charge in [-0.3, -0.25) is 9.59 Å². The van der Waals surface area contributed by atoms with Gasteiger partial charge in [0.2, 0.25) is 5.91 Å². The Hall–Kier alpha value is -2.97. The Labute approximate surface area is 180 Å². The van der Waals surface area contributed by atoms with E-state index in [0.717, 1.165) is 25.0 Å². The molecule has 1 N–H and O–H groups in total. The second-order valence-electron chi connectivity index (χ2n) is 8.21. The van der Waals surface area contributed by atoms with E-state index in [2.05, 4.69) is 15.6 Å². The van der Waals surface area contributed by atoms with Gasteiger partial charge in [0.05, 0.1) is 17.8 Å². The quantitative estimate of drug-likeness (QED) is 0.694. The van der Waals surface area contributed by atoms with Crippen LogP contribution in [0, 0.1) is 11.7 Å². The first kappa shape index (κ1) is 21.3. The molecule has 1 aromatic heterocycles. The summed E-state index contributed by atoms with van der Waals surface area (Å²) in [6.45, 7) is 2.56. The molecule has 0 aliphatic carbocycles. The van der Waals surface area contributed by atoms with E-state index in [1.807, 2.05) is 6.20 Å². The van der Waals surface area contributed by atoms with Gasteiger partial charge in [-0.15, -0.1) is 5.10 Å². The third-order valence-electron chi connectivity index (χ3n) is 5.85. The van der Waals surface area contributed by atoms with Gasteiger partial charge in [0.1, 0.15) is 18.2 Å². The number of fused-ring (bicyclic) bond motifs is 5. The van der Waals surface area contributed by atoms with Crippen LogP contribution in [0.15, 0.2) is 24.4 Å². The Morgan fingerprint density at radius 1 is 1.13 bits per heavy atom. The van der Waals surface area contributed by atoms with E-state index in [0.29, 0.717) is 57.1 Å². The van der Waals surface area contributed by atoms with Crippen LogP contribution < -0.4 is 10.1 Å². The van der Waals surface area contributed by atoms with E-state index in [1.165, 1.54) is 18.2 Å². The summed E-state index contributed by atoms with van der Waals surface area (Å²) >= 11 is 0. The number of amides is 2. The number of halogens is 1. The molecule has 4 rings (SSSR count). The number of benzene rings is 1. The van der Waals surface area contributed by atoms with Crippen molar-refractivity contribution >= 4 is 11.8 Å². The highest BCUT2D eigenvalue weighted by atomic mass is 19.1. The number of hydrogen-bond donors (Lipinski definition) is 1. The molecule has 1 atom stereocenters. The highest BCUT2D eigenvalue weighted by Crippen LogP contribution is 2.26. The zero-order valence-corrected chi connectivity index (χ0v) is 17.6. The molecule has 2 aliphatic heterocycles. The summed E-state index contributed by atoms with van der Waals surface area (Å²) in [6.07, 6.45) is 6.41. The Balaban J connectivity index is 1.53. The molecular formula is C22H28FN5O3. The monoisotopic (exact) mass is 429 g/mol. The van der Waals surface area contributed by atoms with E-state index in [1.54, 1.807) is 9.58 Å². The molecule has 1 aromatic carbocycles. The molecule has 0 spiro atoms. The highest BCUT2D eigenvalue weighted by molar-refractivity contribution is 5.97. The summed E-state index contributed by atoms with van der Waals surface area (Å²) in [5.41, 5.74) is 1.07. The van der Waals surface area contributed by atoms with Gasteiger partial charge in [-0.1, -0.05) is 5.21 Å². The van der Waals surface area contributed by atoms with E-state index in [9.17, 15) is 14.0 Å². The van der Waals surface area contributed by atoms with Gasteiger partial charge < -0.3 is 15.0 Å². The number of aromatic nitrogens is 3. The highest BCUT2D eigenvalue weighted by Gasteiger charge is 2.26. The maximum Gasteiger partial charge on any atom is 0.257 e. The molecule has 31 heavy (non-hydrogen) atoms. The Kier molecular flexibility index (Phi) is 6.79. The van der Waals surface area contributed by atoms with E-state index < -0.39 is 5.82 Å². The predicted molar refractivity (Wildman–Crippen MR) is 111 cm³/mol. The van der Waals surface area contributed by atoms with E-state index in [4.69, 9.17) is 4.74 Å². The van der Waals surface area contributed by atoms with Gasteiger partial charge in [-0.05, 0) is 56.2 Å². The number of nitrogens with one attached hydrogen (secondary N) is 1. The second-order valence-corrected chi connectivity index (χ2v) is 8.21. The number of rotatable bonds is 0. The zero-order valence-electron chi connectivity index (χ0n) is 17.6. The minimum absolute atomic E-state index is 0.0341. The molecule has 8 nitrogen and oxygen atoms in total. The van der Waals surface area contributed by atoms with Gasteiger partial charge in [-0.2, -0.15) is 0 Å². The molecule has 1 fully saturated rings. The summed E-state index contributed by atoms with van der Waals surface area (Å²) in [5.74, 6) is 0.0356. The van der Waals surface area contributed by atoms with Crippen molar-refractivity contribution < 1.29 is 18.7 Å². The topological polar surface area (TPSA) is 89.4 Å². The maximum absolute atomic E-state index is 13.9. The first-order valence-corrected chi connectivity index (χ1v) is 11.0. The third kappa shape index (κ3) is 5.59. The van der Waals surface area contributed by atoms with Gasteiger partial charge in [0.25, 0.3) is 5.91 Å². The van der Waals surface area contributed by atoms with Gasteiger partial charge in [-0.25, -0.2) is 9.07 Å². The standard InChI is InChI=1S/C22H28FN5O3/c23-17-6-7-20-19(13-17)22(30)27-10-2-3-16(14-27)8-9-24-21(29)5-1-4-18-15-28(26-25-18)11-12-31-20/h6-7,13,15-16H,1-5,8-12,14H2,(H,24,29). The third-order valence-corrected chi connectivity index (χ3v) is 5.85. The molecule has 2 aromatic rings. The first-order chi connectivity index (χ1) is 15.1. The lowest BCUT2D eigenvalue weighted by Crippen LogP contribution is -2.41. The molecule has 0 radical (unpaired) electrons. The molecule has 9 heteroatoms. The largest absolute Gasteiger partial charge is 0.491 e. The van der Waals surface area contributed by atoms with Crippen molar-refractivity contribution in [1.82, 2.24) is 25.2 Å². The lowest BCUT2D eigenvalue weighted by Gasteiger charge is -2.33. The van der Waals surface area contributed by atoms with Crippen LogP contribution in [-0.2, 0) is 17.8 Å². The summed E-state index contributed by atoms with van der Waals surface area (Å²) in [5, 5.41) is 11.2. The van der Waals surface area contributed by atoms with Crippen LogP contribution in [0.5, 0.6) is 5.75 Å². The van der Waals surface area contributed by atoms with Crippen LogP contribution in [0.1, 0.15) is 48.2 Å². The fourth-order valence-electron chi connectivity index (χ4n) is 4.20. The minimum atomic E-state index is -0.466. The molecule has 4 bridgehead atoms. The lowest BCUT2D eigenvalue weighted by molar-refractivity contribution is -0.121. The Morgan fingerprint density at radius 3 is 2.94 bits per heavy atom. The molecular weight excluding hydrogens is 401 g/mol. The fraction of sp³-hybridized carbons (Fsp3) is 0.545. The van der Waals surface area contributed by atoms with E-state index >= 15 is 0 Å². The summed E-state index contributed by atoms with van der Waals surface area (Å²) in [4.78, 5) is 27.1. The van der Waals surface area contributed by atoms with E-state index in [-0.39, 0.29) is 24.0 Å². The average Bonchev–Trinajstić information content (AvgIpc) is 3.21. The normalized spacial score (nSPS) is 21.2. The van der Waals surface area contributed by atoms with Crippen LogP contribution in [0.3, 0.4) is 0 Å². The summed E-state index contributed by atoms with van der Waals surface area (Å²) < 4.78 is 21.4. The SMILES string of the molecule is O=C1CCCc2cn(nn2)CCOc2ccc(F)cc2C(=O)N2CCCC(CCN1)C2. The van der Waals surface area contributed by atoms with Gasteiger partial charge >= 0.3 is 0 Å². The fourth-order valence-corrected chi connectivity index (χ4v) is 4.20. The molecule has 1 unspecified atom stereocenters. The Bertz CT molecular complexity index is 932. The minimum Gasteiger partial charge on any atom is -0.491 e. The van der Waals surface area contributed by atoms with Crippen molar-refractivity contribution in [2.45, 2.75) is 45.1 Å². The number of carbonyl (C=O) groups is 2. The molecule has 2 aliphatic rings. The molecule has 2 amide bonds. The summed E-state index contributed by atoms with van der Waals surface area (Å²) in [6, 6.07) is 4.06. The van der Waals surface area contributed by atoms with Crippen LogP contribution in [0.2, 0.25) is 0 Å². The number of hydrogen-bond acceptors (Lipinski definition) is 5. The number of aryl methyl sites for hydroxylation is 1. The van der Waals surface area contributed by atoms with Crippen LogP contribution in [0.25, 0.3) is 0 Å². The van der Waals surface area contributed by atoms with Gasteiger partial charge in [0.15, 0.2) is 0 Å². The smallest absolute Gasteiger partial charge is 0.257 e. The maximum atomic E-state index is 13.9. The van der Waals surface area contributed by atoms with Crippen LogP contribution >= 0.6 is 0 Å². The van der Waals surface area contributed by atoms with Crippen LogP contribution in [0.4, 0.5) is 4.39 Å². The zero-order chi connectivity index (χ0) is 21.6. The van der Waals surface area contributed by atoms with Crippen molar-refractivity contribution in [2.24, 2.45) is 5.92 Å². The van der Waals surface area contributed by atoms with Crippen LogP contribution in [-0.4, -0.2) is 57.9 Å². The second kappa shape index (κ2) is 9.89. The molecule has 166 valence electrons. The number of nitrogens with zero attached hydrogens (tertiary/aromatic N) is 4. The number of piperidine rings is 1. The number of ether oxygens (including phenoxy) is 1. The first-order valence-electron chi connectivity index (χ1n) is 11.0. The van der Waals surface area contributed by atoms with Crippen molar-refractivity contribution in [3.05, 3.63) is 41.5 Å². The predicted octanol–water partition coefficient (Wildman–Crippen LogP) is 2.19. The molecule has 1 saturated heterocycles. The van der Waals surface area contributed by atoms with Crippen molar-refractivity contribution in [3.63, 3.8) is 0 Å². The van der Waals surface area contributed by atoms with Crippen molar-refractivity contribution in [1.29, 1.82) is 0 Å².